The van der Waals surface area contributed by atoms with Gasteiger partial charge in [-0.2, -0.15) is 10.1 Å². The van der Waals surface area contributed by atoms with Crippen molar-refractivity contribution in [2.24, 2.45) is 5.10 Å². The fourth-order valence-corrected chi connectivity index (χ4v) is 5.13. The molecule has 2 N–H and O–H groups in total. The van der Waals surface area contributed by atoms with Crippen LogP contribution in [-0.4, -0.2) is 69.9 Å². The summed E-state index contributed by atoms with van der Waals surface area (Å²) in [5, 5.41) is 21.0. The smallest absolute Gasteiger partial charge is 0.254 e. The summed E-state index contributed by atoms with van der Waals surface area (Å²) in [5.41, 5.74) is 5.03. The van der Waals surface area contributed by atoms with E-state index in [1.807, 2.05) is 66.7 Å². The molecule has 2 heterocycles. The number of hydrogen-bond acceptors (Lipinski definition) is 9. The molecule has 0 bridgehead atoms. The summed E-state index contributed by atoms with van der Waals surface area (Å²) in [7, 11) is 0. The molecule has 10 nitrogen and oxygen atoms in total. The molecular weight excluding hydrogens is 615 g/mol. The van der Waals surface area contributed by atoms with Gasteiger partial charge in [0.05, 0.1) is 19.3 Å². The fourth-order valence-electron chi connectivity index (χ4n) is 5.01. The van der Waals surface area contributed by atoms with Crippen molar-refractivity contribution in [3.05, 3.63) is 107 Å². The third-order valence-corrected chi connectivity index (χ3v) is 7.67. The summed E-state index contributed by atoms with van der Waals surface area (Å²) in [6.07, 6.45) is 1.48. The van der Waals surface area contributed by atoms with Gasteiger partial charge in [0, 0.05) is 42.3 Å². The third-order valence-electron chi connectivity index (χ3n) is 7.42. The number of phenolic OH excluding ortho intramolecular Hbond substituents is 1. The zero-order valence-electron chi connectivity index (χ0n) is 24.3. The van der Waals surface area contributed by atoms with Gasteiger partial charge in [0.1, 0.15) is 18.1 Å². The van der Waals surface area contributed by atoms with Gasteiger partial charge in [-0.25, -0.2) is 5.43 Å². The summed E-state index contributed by atoms with van der Waals surface area (Å²) in [6.45, 7) is 4.19. The van der Waals surface area contributed by atoms with Gasteiger partial charge in [-0.1, -0.05) is 71.4 Å². The number of halogens is 2. The molecule has 0 spiro atoms. The first-order valence-corrected chi connectivity index (χ1v) is 14.7. The summed E-state index contributed by atoms with van der Waals surface area (Å²) in [6, 6.07) is 26.3. The molecule has 0 aliphatic carbocycles. The average Bonchev–Trinajstić information content (AvgIpc) is 3.51. The van der Waals surface area contributed by atoms with Crippen molar-refractivity contribution in [3.63, 3.8) is 0 Å². The molecular formula is C33H32Cl2N6O4. The Morgan fingerprint density at radius 3 is 2.49 bits per heavy atom. The van der Waals surface area contributed by atoms with Gasteiger partial charge in [-0.3, -0.25) is 14.6 Å². The molecule has 0 saturated carbocycles. The minimum absolute atomic E-state index is 0. The maximum Gasteiger partial charge on any atom is 0.254 e. The highest BCUT2D eigenvalue weighted by atomic mass is 35.5. The lowest BCUT2D eigenvalue weighted by molar-refractivity contribution is -0.122. The van der Waals surface area contributed by atoms with Crippen LogP contribution in [0.4, 0.5) is 0 Å². The number of carbonyl (C=O) groups excluding carboxylic acids is 1. The van der Waals surface area contributed by atoms with Crippen LogP contribution in [-0.2, 0) is 17.9 Å². The molecule has 0 radical (unpaired) electrons. The number of piperazine rings is 1. The average molecular weight is 648 g/mol. The zero-order chi connectivity index (χ0) is 30.3. The van der Waals surface area contributed by atoms with Crippen molar-refractivity contribution >= 4 is 46.9 Å². The standard InChI is InChI=1S/C33H31ClN6O4.ClH/c34-26-10-12-27(13-11-26)43-22-23-5-7-25(8-6-23)33-36-32(44-38-33)21-40-17-15-39(16-18-40)20-31(42)37-35-19-29-28-4-2-1-3-24(28)9-14-30(29)41;/h1-14,19,41H,15-18,20-22H2,(H,37,42);1H. The van der Waals surface area contributed by atoms with E-state index in [1.54, 1.807) is 18.2 Å². The molecule has 1 fully saturated rings. The number of aromatic nitrogens is 2. The van der Waals surface area contributed by atoms with E-state index in [9.17, 15) is 9.90 Å². The predicted molar refractivity (Wildman–Crippen MR) is 176 cm³/mol. The number of fused-ring (bicyclic) bond motifs is 1. The number of phenols is 1. The van der Waals surface area contributed by atoms with E-state index in [0.29, 0.717) is 35.5 Å². The highest BCUT2D eigenvalue weighted by molar-refractivity contribution is 6.30. The highest BCUT2D eigenvalue weighted by Crippen LogP contribution is 2.25. The molecule has 1 aliphatic rings. The van der Waals surface area contributed by atoms with Crippen molar-refractivity contribution < 1.29 is 19.2 Å². The Morgan fingerprint density at radius 2 is 1.71 bits per heavy atom. The second-order valence-electron chi connectivity index (χ2n) is 10.5. The number of benzene rings is 4. The largest absolute Gasteiger partial charge is 0.507 e. The van der Waals surface area contributed by atoms with Gasteiger partial charge in [0.15, 0.2) is 0 Å². The van der Waals surface area contributed by atoms with Crippen LogP contribution in [0.3, 0.4) is 0 Å². The number of ether oxygens (including phenoxy) is 1. The molecule has 0 atom stereocenters. The van der Waals surface area contributed by atoms with Crippen LogP contribution in [0.5, 0.6) is 11.5 Å². The first-order chi connectivity index (χ1) is 21.5. The lowest BCUT2D eigenvalue weighted by Gasteiger charge is -2.33. The van der Waals surface area contributed by atoms with E-state index in [4.69, 9.17) is 20.9 Å². The van der Waals surface area contributed by atoms with E-state index >= 15 is 0 Å². The topological polar surface area (TPSA) is 116 Å². The molecule has 12 heteroatoms. The molecule has 1 aliphatic heterocycles. The Labute approximate surface area is 271 Å². The van der Waals surface area contributed by atoms with Crippen molar-refractivity contribution in [3.8, 4) is 22.9 Å². The van der Waals surface area contributed by atoms with E-state index in [2.05, 4.69) is 30.5 Å². The predicted octanol–water partition coefficient (Wildman–Crippen LogP) is 5.52. The third kappa shape index (κ3) is 8.37. The monoisotopic (exact) mass is 646 g/mol. The van der Waals surface area contributed by atoms with Crippen LogP contribution in [0.2, 0.25) is 5.02 Å². The second kappa shape index (κ2) is 15.0. The number of hydrogen-bond donors (Lipinski definition) is 2. The summed E-state index contributed by atoms with van der Waals surface area (Å²) in [4.78, 5) is 21.4. The number of rotatable bonds is 10. The van der Waals surface area contributed by atoms with Crippen LogP contribution in [0.1, 0.15) is 17.0 Å². The lowest BCUT2D eigenvalue weighted by atomic mass is 10.0. The zero-order valence-corrected chi connectivity index (χ0v) is 25.9. The number of nitrogens with one attached hydrogen (secondary N) is 1. The van der Waals surface area contributed by atoms with Gasteiger partial charge in [-0.15, -0.1) is 12.4 Å². The molecule has 1 saturated heterocycles. The molecule has 0 unspecified atom stereocenters. The van der Waals surface area contributed by atoms with Gasteiger partial charge in [0.25, 0.3) is 5.91 Å². The van der Waals surface area contributed by atoms with Gasteiger partial charge >= 0.3 is 0 Å². The number of nitrogens with zero attached hydrogens (tertiary/aromatic N) is 5. The van der Waals surface area contributed by atoms with Crippen molar-refractivity contribution in [2.45, 2.75) is 13.2 Å². The first kappa shape index (κ1) is 31.9. The Hall–Kier alpha value is -4.48. The van der Waals surface area contributed by atoms with Gasteiger partial charge in [-0.05, 0) is 46.7 Å². The highest BCUT2D eigenvalue weighted by Gasteiger charge is 2.21. The normalized spacial score (nSPS) is 14.0. The SMILES string of the molecule is Cl.O=C(CN1CCN(Cc2nc(-c3ccc(COc4ccc(Cl)cc4)cc3)no2)CC1)NN=Cc1c(O)ccc2ccccc12. The number of hydrazone groups is 1. The van der Waals surface area contributed by atoms with E-state index in [1.165, 1.54) is 6.21 Å². The molecule has 232 valence electrons. The molecule has 1 amide bonds. The fraction of sp³-hybridized carbons (Fsp3) is 0.212. The van der Waals surface area contributed by atoms with Crippen molar-refractivity contribution in [1.29, 1.82) is 0 Å². The summed E-state index contributed by atoms with van der Waals surface area (Å²) >= 11 is 5.93. The Kier molecular flexibility index (Phi) is 10.6. The molecule has 6 rings (SSSR count). The van der Waals surface area contributed by atoms with Crippen LogP contribution in [0.15, 0.2) is 94.6 Å². The summed E-state index contributed by atoms with van der Waals surface area (Å²) < 4.78 is 11.3. The summed E-state index contributed by atoms with van der Waals surface area (Å²) in [5.74, 6) is 1.75. The Morgan fingerprint density at radius 1 is 0.978 bits per heavy atom. The Balaban J connectivity index is 0.00000400. The molecule has 45 heavy (non-hydrogen) atoms. The van der Waals surface area contributed by atoms with Gasteiger partial charge in [0.2, 0.25) is 11.7 Å². The van der Waals surface area contributed by atoms with E-state index in [-0.39, 0.29) is 30.6 Å². The second-order valence-corrected chi connectivity index (χ2v) is 11.0. The molecule has 4 aromatic carbocycles. The minimum Gasteiger partial charge on any atom is -0.507 e. The lowest BCUT2D eigenvalue weighted by Crippen LogP contribution is -2.48. The molecule has 5 aromatic rings. The van der Waals surface area contributed by atoms with E-state index in [0.717, 1.165) is 53.8 Å². The maximum atomic E-state index is 12.5. The maximum absolute atomic E-state index is 12.5. The number of aromatic hydroxyl groups is 1. The number of amides is 1. The molecule has 1 aromatic heterocycles. The van der Waals surface area contributed by atoms with Crippen LogP contribution in [0, 0.1) is 0 Å². The van der Waals surface area contributed by atoms with Gasteiger partial charge < -0.3 is 14.4 Å². The minimum atomic E-state index is -0.210. The first-order valence-electron chi connectivity index (χ1n) is 14.3. The van der Waals surface area contributed by atoms with Crippen molar-refractivity contribution in [2.75, 3.05) is 32.7 Å². The Bertz CT molecular complexity index is 1750. The van der Waals surface area contributed by atoms with Crippen LogP contribution >= 0.6 is 24.0 Å². The quantitative estimate of drug-likeness (QED) is 0.151. The number of carbonyl (C=O) groups is 1. The van der Waals surface area contributed by atoms with E-state index < -0.39 is 0 Å². The van der Waals surface area contributed by atoms with Crippen molar-refractivity contribution in [1.82, 2.24) is 25.4 Å². The van der Waals surface area contributed by atoms with Crippen LogP contribution < -0.4 is 10.2 Å². The van der Waals surface area contributed by atoms with Crippen LogP contribution in [0.25, 0.3) is 22.2 Å².